The third-order valence-electron chi connectivity index (χ3n) is 14.7. The highest BCUT2D eigenvalue weighted by Gasteiger charge is 2.20. The second kappa shape index (κ2) is 16.4. The third kappa shape index (κ3) is 6.63. The fourth-order valence-corrected chi connectivity index (χ4v) is 11.3. The van der Waals surface area contributed by atoms with E-state index in [2.05, 4.69) is 240 Å². The summed E-state index contributed by atoms with van der Waals surface area (Å²) in [6.07, 6.45) is 0. The van der Waals surface area contributed by atoms with Gasteiger partial charge in [-0.2, -0.15) is 0 Å². The molecule has 4 heterocycles. The van der Waals surface area contributed by atoms with E-state index >= 15 is 0 Å². The molecule has 5 nitrogen and oxygen atoms in total. The number of aromatic nitrogens is 4. The van der Waals surface area contributed by atoms with Crippen molar-refractivity contribution in [1.82, 2.24) is 19.1 Å². The first-order valence-electron chi connectivity index (χ1n) is 24.8. The summed E-state index contributed by atoms with van der Waals surface area (Å²) in [5.41, 5.74) is 19.3. The molecule has 73 heavy (non-hydrogen) atoms. The van der Waals surface area contributed by atoms with E-state index in [0.29, 0.717) is 5.82 Å². The van der Waals surface area contributed by atoms with Gasteiger partial charge in [0.1, 0.15) is 11.2 Å². The lowest BCUT2D eigenvalue weighted by molar-refractivity contribution is 0.669. The predicted octanol–water partition coefficient (Wildman–Crippen LogP) is 18.1. The molecular weight excluding hydrogens is 889 g/mol. The molecule has 15 rings (SSSR count). The first-order chi connectivity index (χ1) is 36.2. The highest BCUT2D eigenvalue weighted by Crippen LogP contribution is 2.42. The molecule has 0 amide bonds. The number of hydrogen-bond donors (Lipinski definition) is 0. The van der Waals surface area contributed by atoms with Crippen molar-refractivity contribution in [3.8, 4) is 67.4 Å². The Labute approximate surface area is 420 Å². The quantitative estimate of drug-likeness (QED) is 0.160. The minimum absolute atomic E-state index is 0.659. The molecule has 0 saturated heterocycles. The monoisotopic (exact) mass is 930 g/mol. The fraction of sp³-hybridized carbons (Fsp3) is 0. The number of benzene rings is 11. The summed E-state index contributed by atoms with van der Waals surface area (Å²) in [6, 6.07) is 91.1. The molecule has 340 valence electrons. The van der Waals surface area contributed by atoms with Crippen LogP contribution >= 0.6 is 0 Å². The van der Waals surface area contributed by atoms with Crippen molar-refractivity contribution in [1.29, 1.82) is 0 Å². The lowest BCUT2D eigenvalue weighted by atomic mass is 9.98. The largest absolute Gasteiger partial charge is 0.456 e. The summed E-state index contributed by atoms with van der Waals surface area (Å²) in [7, 11) is 0. The van der Waals surface area contributed by atoms with Gasteiger partial charge in [-0.1, -0.05) is 164 Å². The molecule has 4 aromatic heterocycles. The van der Waals surface area contributed by atoms with Gasteiger partial charge in [0, 0.05) is 60.2 Å². The molecule has 11 aromatic carbocycles. The van der Waals surface area contributed by atoms with Gasteiger partial charge < -0.3 is 13.6 Å². The number of hydrogen-bond acceptors (Lipinski definition) is 3. The van der Waals surface area contributed by atoms with Crippen LogP contribution in [0.4, 0.5) is 0 Å². The van der Waals surface area contributed by atoms with Crippen LogP contribution in [0.25, 0.3) is 144 Å². The van der Waals surface area contributed by atoms with Crippen LogP contribution in [0.1, 0.15) is 0 Å². The Hall–Kier alpha value is -9.84. The minimum atomic E-state index is 0.659. The fourth-order valence-electron chi connectivity index (χ4n) is 11.3. The van der Waals surface area contributed by atoms with Gasteiger partial charge in [-0.05, 0) is 124 Å². The molecule has 0 unspecified atom stereocenters. The maximum absolute atomic E-state index is 6.61. The molecule has 0 aliphatic rings. The average Bonchev–Trinajstić information content (AvgIpc) is 4.13. The molecular formula is C68H42N4O. The average molecular weight is 931 g/mol. The van der Waals surface area contributed by atoms with Crippen molar-refractivity contribution in [2.24, 2.45) is 0 Å². The first kappa shape index (κ1) is 41.0. The van der Waals surface area contributed by atoms with Gasteiger partial charge in [-0.15, -0.1) is 0 Å². The normalized spacial score (nSPS) is 11.8. The molecule has 15 aromatic rings. The zero-order valence-corrected chi connectivity index (χ0v) is 39.4. The van der Waals surface area contributed by atoms with Crippen molar-refractivity contribution in [2.45, 2.75) is 0 Å². The molecule has 0 fully saturated rings. The maximum Gasteiger partial charge on any atom is 0.161 e. The van der Waals surface area contributed by atoms with Gasteiger partial charge >= 0.3 is 0 Å². The third-order valence-corrected chi connectivity index (χ3v) is 14.7. The van der Waals surface area contributed by atoms with Crippen molar-refractivity contribution in [3.63, 3.8) is 0 Å². The molecule has 0 bridgehead atoms. The van der Waals surface area contributed by atoms with Crippen molar-refractivity contribution in [3.05, 3.63) is 255 Å². The van der Waals surface area contributed by atoms with E-state index in [1.807, 2.05) is 24.3 Å². The zero-order valence-electron chi connectivity index (χ0n) is 39.4. The highest BCUT2D eigenvalue weighted by atomic mass is 16.3. The Kier molecular flexibility index (Phi) is 9.19. The summed E-state index contributed by atoms with van der Waals surface area (Å²) >= 11 is 0. The molecule has 0 radical (unpaired) electrons. The highest BCUT2D eigenvalue weighted by molar-refractivity contribution is 6.15. The Morgan fingerprint density at radius 1 is 0.288 bits per heavy atom. The number of para-hydroxylation sites is 4. The van der Waals surface area contributed by atoms with E-state index < -0.39 is 0 Å². The Balaban J connectivity index is 0.871. The van der Waals surface area contributed by atoms with Crippen molar-refractivity contribution in [2.75, 3.05) is 0 Å². The lowest BCUT2D eigenvalue weighted by Crippen LogP contribution is -1.95. The predicted molar refractivity (Wildman–Crippen MR) is 303 cm³/mol. The van der Waals surface area contributed by atoms with Gasteiger partial charge in [0.05, 0.1) is 33.3 Å². The van der Waals surface area contributed by atoms with E-state index in [9.17, 15) is 0 Å². The van der Waals surface area contributed by atoms with Crippen LogP contribution in [0.3, 0.4) is 0 Å². The van der Waals surface area contributed by atoms with Crippen molar-refractivity contribution >= 4 is 76.5 Å². The molecule has 0 spiro atoms. The Morgan fingerprint density at radius 2 is 0.753 bits per heavy atom. The number of fused-ring (bicyclic) bond motifs is 10. The standard InChI is InChI=1S/C68H42N4O/c1-4-15-43(16-5-1)44-27-29-45(30-28-44)67-53-22-10-12-24-59(53)69-68(70-67)54-23-14-26-65-66(54)58-42-49(34-38-64(58)73-65)48-33-37-63-57(41-48)56-40-47(32-36-62(56)72(63)51-19-8-3-9-20-51)46-31-35-61-55(39-46)52-21-11-13-25-60(52)71(61)50-17-6-2-7-18-50/h1-42H. The van der Waals surface area contributed by atoms with E-state index in [4.69, 9.17) is 14.4 Å². The second-order valence-electron chi connectivity index (χ2n) is 18.9. The number of nitrogens with zero attached hydrogens (tertiary/aromatic N) is 4. The van der Waals surface area contributed by atoms with Crippen molar-refractivity contribution < 1.29 is 4.42 Å². The van der Waals surface area contributed by atoms with Crippen LogP contribution < -0.4 is 0 Å². The van der Waals surface area contributed by atoms with Crippen LogP contribution in [0, 0.1) is 0 Å². The molecule has 5 heteroatoms. The van der Waals surface area contributed by atoms with Crippen LogP contribution in [0.2, 0.25) is 0 Å². The van der Waals surface area contributed by atoms with Crippen LogP contribution in [0.15, 0.2) is 259 Å². The summed E-state index contributed by atoms with van der Waals surface area (Å²) in [5.74, 6) is 0.659. The Bertz CT molecular complexity index is 4640. The van der Waals surface area contributed by atoms with E-state index in [-0.39, 0.29) is 0 Å². The summed E-state index contributed by atoms with van der Waals surface area (Å²) in [6.45, 7) is 0. The van der Waals surface area contributed by atoms with Gasteiger partial charge in [-0.25, -0.2) is 9.97 Å². The first-order valence-corrected chi connectivity index (χ1v) is 24.8. The van der Waals surface area contributed by atoms with Crippen LogP contribution in [-0.4, -0.2) is 19.1 Å². The molecule has 0 aliphatic carbocycles. The minimum Gasteiger partial charge on any atom is -0.456 e. The smallest absolute Gasteiger partial charge is 0.161 e. The number of furan rings is 1. The molecule has 0 N–H and O–H groups in total. The van der Waals surface area contributed by atoms with Crippen LogP contribution in [-0.2, 0) is 0 Å². The van der Waals surface area contributed by atoms with E-state index in [1.54, 1.807) is 0 Å². The zero-order chi connectivity index (χ0) is 48.0. The maximum atomic E-state index is 6.61. The van der Waals surface area contributed by atoms with Crippen LogP contribution in [0.5, 0.6) is 0 Å². The molecule has 0 saturated carbocycles. The molecule has 0 aliphatic heterocycles. The van der Waals surface area contributed by atoms with Gasteiger partial charge in [-0.3, -0.25) is 0 Å². The van der Waals surface area contributed by atoms with E-state index in [1.165, 1.54) is 49.3 Å². The number of rotatable bonds is 7. The van der Waals surface area contributed by atoms with Gasteiger partial charge in [0.25, 0.3) is 0 Å². The SMILES string of the molecule is c1ccc(-c2ccc(-c3nc(-c4cccc5oc6ccc(-c7ccc8c(c7)c7cc(-c9ccc%10c(c9)c9ccccc9n%10-c9ccccc9)ccc7n8-c7ccccc7)cc6c45)nc4ccccc34)cc2)cc1. The summed E-state index contributed by atoms with van der Waals surface area (Å²) in [5, 5.41) is 7.88. The van der Waals surface area contributed by atoms with Gasteiger partial charge in [0.15, 0.2) is 5.82 Å². The van der Waals surface area contributed by atoms with Gasteiger partial charge in [0.2, 0.25) is 0 Å². The second-order valence-corrected chi connectivity index (χ2v) is 18.9. The summed E-state index contributed by atoms with van der Waals surface area (Å²) in [4.78, 5) is 10.6. The topological polar surface area (TPSA) is 48.8 Å². The lowest BCUT2D eigenvalue weighted by Gasteiger charge is -2.11. The molecule has 0 atom stereocenters. The summed E-state index contributed by atoms with van der Waals surface area (Å²) < 4.78 is 11.4. The van der Waals surface area contributed by atoms with E-state index in [0.717, 1.165) is 88.8 Å². The Morgan fingerprint density at radius 3 is 1.38 bits per heavy atom.